The first-order valence-electron chi connectivity index (χ1n) is 4.74. The van der Waals surface area contributed by atoms with Crippen molar-refractivity contribution >= 4 is 24.9 Å². The zero-order valence-corrected chi connectivity index (χ0v) is 11.0. The van der Waals surface area contributed by atoms with Crippen molar-refractivity contribution in [3.8, 4) is 0 Å². The van der Waals surface area contributed by atoms with Gasteiger partial charge in [0.1, 0.15) is 0 Å². The Labute approximate surface area is 99.8 Å². The van der Waals surface area contributed by atoms with Crippen LogP contribution in [0, 0.1) is 0 Å². The zero-order valence-electron chi connectivity index (χ0n) is 8.64. The Hall–Kier alpha value is -0.560. The molecule has 0 fully saturated rings. The zero-order chi connectivity index (χ0) is 10.9. The average Bonchev–Trinajstić information content (AvgIpc) is 2.26. The predicted octanol–water partition coefficient (Wildman–Crippen LogP) is 2.02. The standard InChI is InChI=1S/C11H14O3Te/c1-2-14-11(12)15-9-13-8-10-6-4-3-5-7-10/h3-7H,2,8-9H2,1H3. The van der Waals surface area contributed by atoms with E-state index in [2.05, 4.69) is 0 Å². The van der Waals surface area contributed by atoms with E-state index in [1.165, 1.54) is 0 Å². The van der Waals surface area contributed by atoms with Crippen LogP contribution in [0.25, 0.3) is 0 Å². The first-order chi connectivity index (χ1) is 7.33. The molecule has 0 aliphatic heterocycles. The molecule has 0 heterocycles. The summed E-state index contributed by atoms with van der Waals surface area (Å²) < 4.78 is 10.7. The Morgan fingerprint density at radius 1 is 1.33 bits per heavy atom. The van der Waals surface area contributed by atoms with Gasteiger partial charge in [-0.05, 0) is 0 Å². The quantitative estimate of drug-likeness (QED) is 0.594. The van der Waals surface area contributed by atoms with Crippen LogP contribution in [0.5, 0.6) is 0 Å². The molecule has 0 radical (unpaired) electrons. The molecule has 0 bridgehead atoms. The predicted molar refractivity (Wildman–Crippen MR) is 58.9 cm³/mol. The van der Waals surface area contributed by atoms with Crippen LogP contribution in [0.4, 0.5) is 4.79 Å². The summed E-state index contributed by atoms with van der Waals surface area (Å²) in [5.74, 6) is 0. The van der Waals surface area contributed by atoms with Crippen molar-refractivity contribution in [1.82, 2.24) is 0 Å². The van der Waals surface area contributed by atoms with Gasteiger partial charge >= 0.3 is 99.9 Å². The van der Waals surface area contributed by atoms with Gasteiger partial charge in [0.2, 0.25) is 0 Å². The summed E-state index contributed by atoms with van der Waals surface area (Å²) >= 11 is -0.798. The molecule has 0 saturated heterocycles. The Morgan fingerprint density at radius 3 is 2.73 bits per heavy atom. The number of rotatable bonds is 6. The number of hydrogen-bond acceptors (Lipinski definition) is 3. The molecule has 0 saturated carbocycles. The molecule has 15 heavy (non-hydrogen) atoms. The molecule has 1 aromatic carbocycles. The fourth-order valence-electron chi connectivity index (χ4n) is 0.983. The molecule has 4 heteroatoms. The number of ether oxygens (including phenoxy) is 2. The van der Waals surface area contributed by atoms with Crippen molar-refractivity contribution < 1.29 is 14.3 Å². The number of carbonyl (C=O) groups excluding carboxylic acids is 1. The van der Waals surface area contributed by atoms with Crippen molar-refractivity contribution in [2.24, 2.45) is 0 Å². The van der Waals surface area contributed by atoms with Crippen LogP contribution in [0.1, 0.15) is 12.5 Å². The van der Waals surface area contributed by atoms with Gasteiger partial charge in [0.25, 0.3) is 0 Å². The molecule has 0 unspecified atom stereocenters. The Morgan fingerprint density at radius 2 is 2.07 bits per heavy atom. The molecule has 1 aromatic rings. The van der Waals surface area contributed by atoms with Crippen molar-refractivity contribution in [2.75, 3.05) is 11.3 Å². The molecule has 0 aliphatic rings. The van der Waals surface area contributed by atoms with Gasteiger partial charge in [-0.15, -0.1) is 0 Å². The molecule has 1 rings (SSSR count). The molecule has 0 aromatic heterocycles. The topological polar surface area (TPSA) is 35.5 Å². The molecule has 0 amide bonds. The number of hydrogen-bond donors (Lipinski definition) is 0. The van der Waals surface area contributed by atoms with Crippen LogP contribution >= 0.6 is 0 Å². The molecular weight excluding hydrogens is 308 g/mol. The Balaban J connectivity index is 2.10. The Kier molecular flexibility index (Phi) is 6.42. The third-order valence-corrected chi connectivity index (χ3v) is 3.45. The van der Waals surface area contributed by atoms with E-state index in [4.69, 9.17) is 9.47 Å². The minimum absolute atomic E-state index is 0.0732. The first-order valence-corrected chi connectivity index (χ1v) is 7.55. The summed E-state index contributed by atoms with van der Waals surface area (Å²) in [6.45, 7) is 2.85. The van der Waals surface area contributed by atoms with E-state index in [0.29, 0.717) is 17.9 Å². The average molecular weight is 322 g/mol. The van der Waals surface area contributed by atoms with E-state index in [9.17, 15) is 4.79 Å². The van der Waals surface area contributed by atoms with Crippen LogP contribution in [-0.4, -0.2) is 36.2 Å². The van der Waals surface area contributed by atoms with Gasteiger partial charge < -0.3 is 0 Å². The Bertz CT molecular complexity index is 287. The SMILES string of the molecule is CCOC(=O)[Te]COCc1ccccc1. The van der Waals surface area contributed by atoms with E-state index in [0.717, 1.165) is 5.56 Å². The van der Waals surface area contributed by atoms with Crippen molar-refractivity contribution in [2.45, 2.75) is 13.5 Å². The van der Waals surface area contributed by atoms with Gasteiger partial charge in [0.15, 0.2) is 0 Å². The summed E-state index contributed by atoms with van der Waals surface area (Å²) in [6, 6.07) is 9.92. The van der Waals surface area contributed by atoms with Crippen molar-refractivity contribution in [3.05, 3.63) is 35.9 Å². The second-order valence-electron chi connectivity index (χ2n) is 2.78. The van der Waals surface area contributed by atoms with Crippen LogP contribution in [0.3, 0.4) is 0 Å². The summed E-state index contributed by atoms with van der Waals surface area (Å²) in [4.78, 5) is 11.0. The van der Waals surface area contributed by atoms with Crippen molar-refractivity contribution in [3.63, 3.8) is 0 Å². The molecule has 0 spiro atoms. The second kappa shape index (κ2) is 7.70. The fraction of sp³-hybridized carbons (Fsp3) is 0.364. The van der Waals surface area contributed by atoms with Gasteiger partial charge in [0, 0.05) is 0 Å². The molecular formula is C11H14O3Te. The monoisotopic (exact) mass is 324 g/mol. The number of carbonyl (C=O) groups is 1. The van der Waals surface area contributed by atoms with Crippen LogP contribution in [0.2, 0.25) is 0 Å². The molecule has 0 atom stereocenters. The molecule has 82 valence electrons. The van der Waals surface area contributed by atoms with Crippen LogP contribution < -0.4 is 0 Å². The molecule has 0 aliphatic carbocycles. The van der Waals surface area contributed by atoms with Crippen LogP contribution in [0.15, 0.2) is 30.3 Å². The summed E-state index contributed by atoms with van der Waals surface area (Å²) in [6.07, 6.45) is 0. The van der Waals surface area contributed by atoms with Crippen LogP contribution in [-0.2, 0) is 16.1 Å². The van der Waals surface area contributed by atoms with E-state index in [-0.39, 0.29) is 4.02 Å². The molecule has 0 N–H and O–H groups in total. The van der Waals surface area contributed by atoms with E-state index in [1.54, 1.807) is 0 Å². The van der Waals surface area contributed by atoms with Crippen molar-refractivity contribution in [1.29, 1.82) is 0 Å². The maximum absolute atomic E-state index is 11.0. The first kappa shape index (κ1) is 12.5. The number of benzene rings is 1. The molecule has 3 nitrogen and oxygen atoms in total. The van der Waals surface area contributed by atoms with Gasteiger partial charge in [-0.2, -0.15) is 0 Å². The van der Waals surface area contributed by atoms with Gasteiger partial charge in [-0.25, -0.2) is 0 Å². The third kappa shape index (κ3) is 5.78. The van der Waals surface area contributed by atoms with E-state index in [1.807, 2.05) is 37.3 Å². The fourth-order valence-corrected chi connectivity index (χ4v) is 2.31. The summed E-state index contributed by atoms with van der Waals surface area (Å²) in [5, 5.41) is 0. The van der Waals surface area contributed by atoms with Gasteiger partial charge in [-0.3, -0.25) is 0 Å². The minimum atomic E-state index is -0.798. The van der Waals surface area contributed by atoms with Gasteiger partial charge in [0.05, 0.1) is 0 Å². The maximum atomic E-state index is 11.0. The summed E-state index contributed by atoms with van der Waals surface area (Å²) in [5.41, 5.74) is 1.13. The normalized spacial score (nSPS) is 9.93. The third-order valence-electron chi connectivity index (χ3n) is 1.63. The second-order valence-corrected chi connectivity index (χ2v) is 5.23. The summed E-state index contributed by atoms with van der Waals surface area (Å²) in [7, 11) is 0. The van der Waals surface area contributed by atoms with E-state index < -0.39 is 20.9 Å². The van der Waals surface area contributed by atoms with Gasteiger partial charge in [-0.1, -0.05) is 0 Å². The van der Waals surface area contributed by atoms with E-state index >= 15 is 0 Å².